The predicted molar refractivity (Wildman–Crippen MR) is 115 cm³/mol. The molecule has 0 saturated carbocycles. The van der Waals surface area contributed by atoms with Crippen molar-refractivity contribution in [1.29, 1.82) is 0 Å². The number of pyridine rings is 1. The molecule has 33 heavy (non-hydrogen) atoms. The number of rotatable bonds is 6. The highest BCUT2D eigenvalue weighted by atomic mass is 32.1. The van der Waals surface area contributed by atoms with Gasteiger partial charge in [-0.25, -0.2) is 4.98 Å². The Balaban J connectivity index is 1.33. The highest BCUT2D eigenvalue weighted by Crippen LogP contribution is 2.33. The summed E-state index contributed by atoms with van der Waals surface area (Å²) in [6.07, 6.45) is -0.982. The summed E-state index contributed by atoms with van der Waals surface area (Å²) in [6.45, 7) is 0.396. The van der Waals surface area contributed by atoms with Gasteiger partial charge in [0.05, 0.1) is 12.1 Å². The topological polar surface area (TPSA) is 90.0 Å². The number of thiazole rings is 1. The number of carbonyl (C=O) groups is 1. The highest BCUT2D eigenvalue weighted by molar-refractivity contribution is 7.11. The molecule has 0 unspecified atom stereocenters. The van der Waals surface area contributed by atoms with Crippen LogP contribution in [0.4, 0.5) is 13.2 Å². The molecule has 0 aliphatic heterocycles. The minimum absolute atomic E-state index is 0.0767. The van der Waals surface area contributed by atoms with Gasteiger partial charge < -0.3 is 5.32 Å². The van der Waals surface area contributed by atoms with E-state index in [1.807, 2.05) is 28.8 Å². The van der Waals surface area contributed by atoms with E-state index in [0.717, 1.165) is 5.65 Å². The Kier molecular flexibility index (Phi) is 5.29. The zero-order chi connectivity index (χ0) is 23.0. The molecular formula is C21H16F3N7OS. The van der Waals surface area contributed by atoms with Gasteiger partial charge in [0.25, 0.3) is 5.91 Å². The fourth-order valence-electron chi connectivity index (χ4n) is 3.51. The number of alkyl halides is 3. The molecule has 1 amide bonds. The van der Waals surface area contributed by atoms with Crippen LogP contribution in [-0.2, 0) is 19.1 Å². The molecule has 0 atom stereocenters. The SMILES string of the molecule is O=C(NCCc1nnc2ccccn12)c1nn(Cc2cnc(C(F)(F)F)s2)c2ccccc12. The molecule has 0 aliphatic rings. The van der Waals surface area contributed by atoms with Gasteiger partial charge in [0, 0.05) is 35.6 Å². The van der Waals surface area contributed by atoms with Crippen molar-refractivity contribution in [3.63, 3.8) is 0 Å². The first-order valence-electron chi connectivity index (χ1n) is 9.94. The standard InChI is InChI=1S/C21H16F3N7OS/c22-21(23,24)20-26-11-13(33-20)12-31-15-6-2-1-5-14(15)18(29-31)19(32)25-9-8-17-28-27-16-7-3-4-10-30(16)17/h1-7,10-11H,8-9,12H2,(H,25,32). The highest BCUT2D eigenvalue weighted by Gasteiger charge is 2.34. The van der Waals surface area contributed by atoms with Gasteiger partial charge in [-0.1, -0.05) is 24.3 Å². The maximum atomic E-state index is 12.9. The third-order valence-electron chi connectivity index (χ3n) is 4.99. The molecule has 168 valence electrons. The largest absolute Gasteiger partial charge is 0.443 e. The predicted octanol–water partition coefficient (Wildman–Crippen LogP) is 3.58. The van der Waals surface area contributed by atoms with E-state index in [-0.39, 0.29) is 18.1 Å². The summed E-state index contributed by atoms with van der Waals surface area (Å²) in [5, 5.41) is 15.2. The molecule has 5 aromatic rings. The molecule has 12 heteroatoms. The zero-order valence-corrected chi connectivity index (χ0v) is 17.8. The van der Waals surface area contributed by atoms with Gasteiger partial charge in [0.15, 0.2) is 16.3 Å². The van der Waals surface area contributed by atoms with Crippen LogP contribution < -0.4 is 5.32 Å². The zero-order valence-electron chi connectivity index (χ0n) is 17.0. The van der Waals surface area contributed by atoms with E-state index in [1.165, 1.54) is 10.9 Å². The number of nitrogens with one attached hydrogen (secondary N) is 1. The lowest BCUT2D eigenvalue weighted by molar-refractivity contribution is -0.137. The minimum Gasteiger partial charge on any atom is -0.350 e. The van der Waals surface area contributed by atoms with Gasteiger partial charge in [0.2, 0.25) is 0 Å². The number of hydrogen-bond acceptors (Lipinski definition) is 6. The molecular weight excluding hydrogens is 455 g/mol. The van der Waals surface area contributed by atoms with Crippen LogP contribution in [0.25, 0.3) is 16.6 Å². The lowest BCUT2D eigenvalue weighted by Gasteiger charge is -2.03. The third-order valence-corrected chi connectivity index (χ3v) is 6.02. The van der Waals surface area contributed by atoms with Crippen molar-refractivity contribution in [1.82, 2.24) is 34.7 Å². The van der Waals surface area contributed by atoms with Crippen LogP contribution in [0.3, 0.4) is 0 Å². The number of benzene rings is 1. The van der Waals surface area contributed by atoms with Gasteiger partial charge in [-0.15, -0.1) is 21.5 Å². The third kappa shape index (κ3) is 4.16. The number of para-hydroxylation sites is 1. The van der Waals surface area contributed by atoms with E-state index in [9.17, 15) is 18.0 Å². The van der Waals surface area contributed by atoms with Gasteiger partial charge >= 0.3 is 6.18 Å². The molecule has 4 heterocycles. The van der Waals surface area contributed by atoms with Crippen molar-refractivity contribution in [3.8, 4) is 0 Å². The van der Waals surface area contributed by atoms with E-state index in [0.29, 0.717) is 45.9 Å². The second-order valence-electron chi connectivity index (χ2n) is 7.20. The minimum atomic E-state index is -4.49. The van der Waals surface area contributed by atoms with Gasteiger partial charge in [-0.05, 0) is 18.2 Å². The van der Waals surface area contributed by atoms with Crippen molar-refractivity contribution < 1.29 is 18.0 Å². The van der Waals surface area contributed by atoms with E-state index >= 15 is 0 Å². The molecule has 1 N–H and O–H groups in total. The molecule has 1 aromatic carbocycles. The summed E-state index contributed by atoms with van der Waals surface area (Å²) in [6, 6.07) is 12.7. The number of amides is 1. The van der Waals surface area contributed by atoms with Crippen LogP contribution in [0.5, 0.6) is 0 Å². The molecule has 0 bridgehead atoms. The molecule has 0 spiro atoms. The quantitative estimate of drug-likeness (QED) is 0.409. The summed E-state index contributed by atoms with van der Waals surface area (Å²) in [7, 11) is 0. The smallest absolute Gasteiger partial charge is 0.350 e. The van der Waals surface area contributed by atoms with Crippen molar-refractivity contribution in [2.75, 3.05) is 6.54 Å². The maximum absolute atomic E-state index is 12.9. The second kappa shape index (κ2) is 8.28. The Hall–Kier alpha value is -3.80. The number of hydrogen-bond donors (Lipinski definition) is 1. The van der Waals surface area contributed by atoms with Crippen LogP contribution in [0.1, 0.15) is 26.2 Å². The fourth-order valence-corrected chi connectivity index (χ4v) is 4.27. The van der Waals surface area contributed by atoms with Crippen LogP contribution in [0, 0.1) is 0 Å². The number of aromatic nitrogens is 6. The van der Waals surface area contributed by atoms with Crippen molar-refractivity contribution >= 4 is 33.8 Å². The van der Waals surface area contributed by atoms with Crippen molar-refractivity contribution in [3.05, 3.63) is 76.3 Å². The molecule has 0 radical (unpaired) electrons. The Morgan fingerprint density at radius 3 is 2.73 bits per heavy atom. The number of fused-ring (bicyclic) bond motifs is 2. The van der Waals surface area contributed by atoms with Crippen LogP contribution in [0.15, 0.2) is 54.9 Å². The molecule has 0 aliphatic carbocycles. The second-order valence-corrected chi connectivity index (χ2v) is 8.32. The van der Waals surface area contributed by atoms with E-state index in [4.69, 9.17) is 0 Å². The van der Waals surface area contributed by atoms with Gasteiger partial charge in [-0.3, -0.25) is 13.9 Å². The average molecular weight is 471 g/mol. The number of halogens is 3. The van der Waals surface area contributed by atoms with E-state index in [1.54, 1.807) is 24.3 Å². The summed E-state index contributed by atoms with van der Waals surface area (Å²) in [5.74, 6) is 0.339. The van der Waals surface area contributed by atoms with Crippen molar-refractivity contribution in [2.24, 2.45) is 0 Å². The Bertz CT molecular complexity index is 1450. The van der Waals surface area contributed by atoms with E-state index in [2.05, 4.69) is 25.6 Å². The first kappa shape index (κ1) is 21.1. The molecule has 4 aromatic heterocycles. The van der Waals surface area contributed by atoms with Crippen LogP contribution in [0.2, 0.25) is 0 Å². The van der Waals surface area contributed by atoms with Crippen LogP contribution in [-0.4, -0.2) is 41.8 Å². The molecule has 8 nitrogen and oxygen atoms in total. The normalized spacial score (nSPS) is 12.0. The summed E-state index contributed by atoms with van der Waals surface area (Å²) in [4.78, 5) is 16.7. The Labute approximate surface area is 188 Å². The monoisotopic (exact) mass is 471 g/mol. The van der Waals surface area contributed by atoms with Gasteiger partial charge in [0.1, 0.15) is 5.82 Å². The summed E-state index contributed by atoms with van der Waals surface area (Å²) < 4.78 is 42.0. The first-order valence-corrected chi connectivity index (χ1v) is 10.8. The Morgan fingerprint density at radius 2 is 1.91 bits per heavy atom. The average Bonchev–Trinajstić information content (AvgIpc) is 3.52. The number of nitrogens with zero attached hydrogens (tertiary/aromatic N) is 6. The van der Waals surface area contributed by atoms with E-state index < -0.39 is 11.2 Å². The molecule has 0 saturated heterocycles. The lowest BCUT2D eigenvalue weighted by atomic mass is 10.2. The van der Waals surface area contributed by atoms with Crippen molar-refractivity contribution in [2.45, 2.75) is 19.1 Å². The summed E-state index contributed by atoms with van der Waals surface area (Å²) >= 11 is 0.561. The summed E-state index contributed by atoms with van der Waals surface area (Å²) in [5.41, 5.74) is 1.57. The first-order chi connectivity index (χ1) is 15.9. The van der Waals surface area contributed by atoms with Crippen LogP contribution >= 0.6 is 11.3 Å². The molecule has 0 fully saturated rings. The fraction of sp³-hybridized carbons (Fsp3) is 0.190. The number of carbonyl (C=O) groups excluding carboxylic acids is 1. The molecule has 5 rings (SSSR count). The maximum Gasteiger partial charge on any atom is 0.443 e. The lowest BCUT2D eigenvalue weighted by Crippen LogP contribution is -2.27. The Morgan fingerprint density at radius 1 is 1.09 bits per heavy atom. The van der Waals surface area contributed by atoms with Gasteiger partial charge in [-0.2, -0.15) is 18.3 Å².